The van der Waals surface area contributed by atoms with Gasteiger partial charge in [-0.15, -0.1) is 0 Å². The Bertz CT molecular complexity index is 1440. The van der Waals surface area contributed by atoms with E-state index in [2.05, 4.69) is 55.6 Å². The van der Waals surface area contributed by atoms with Gasteiger partial charge in [0.05, 0.1) is 25.4 Å². The van der Waals surface area contributed by atoms with E-state index in [1.54, 1.807) is 6.08 Å². The molecule has 0 aromatic heterocycles. The third kappa shape index (κ3) is 70.9. The minimum absolute atomic E-state index is 0.0156. The number of unbranched alkanes of at least 4 members (excludes halogenated alkanes) is 56. The van der Waals surface area contributed by atoms with E-state index in [-0.39, 0.29) is 18.5 Å². The molecule has 0 radical (unpaired) electrons. The zero-order valence-corrected chi connectivity index (χ0v) is 58.1. The summed E-state index contributed by atoms with van der Waals surface area (Å²) in [5.41, 5.74) is 0. The quantitative estimate of drug-likeness (QED) is 0.0320. The maximum atomic E-state index is 12.5. The lowest BCUT2D eigenvalue weighted by molar-refractivity contribution is -0.143. The smallest absolute Gasteiger partial charge is 0.305 e. The summed E-state index contributed by atoms with van der Waals surface area (Å²) in [5, 5.41) is 23.2. The van der Waals surface area contributed by atoms with Crippen molar-refractivity contribution in [2.24, 2.45) is 0 Å². The zero-order chi connectivity index (χ0) is 62.0. The maximum Gasteiger partial charge on any atom is 0.305 e. The van der Waals surface area contributed by atoms with E-state index in [1.807, 2.05) is 6.08 Å². The van der Waals surface area contributed by atoms with Crippen LogP contribution in [0.5, 0.6) is 0 Å². The average molecular weight is 1210 g/mol. The molecule has 0 fully saturated rings. The Morgan fingerprint density at radius 2 is 0.581 bits per heavy atom. The highest BCUT2D eigenvalue weighted by molar-refractivity contribution is 5.76. The fraction of sp³-hybridized carbons (Fsp3) is 0.875. The number of esters is 1. The Morgan fingerprint density at radius 3 is 0.895 bits per heavy atom. The van der Waals surface area contributed by atoms with Crippen LogP contribution in [0.4, 0.5) is 0 Å². The summed E-state index contributed by atoms with van der Waals surface area (Å²) in [6.45, 7) is 4.93. The third-order valence-corrected chi connectivity index (χ3v) is 18.1. The number of aliphatic hydroxyl groups is 2. The number of ether oxygens (including phenoxy) is 1. The maximum absolute atomic E-state index is 12.5. The van der Waals surface area contributed by atoms with Crippen molar-refractivity contribution in [3.05, 3.63) is 48.6 Å². The Hall–Kier alpha value is -2.18. The second-order valence-corrected chi connectivity index (χ2v) is 26.7. The first-order valence-electron chi connectivity index (χ1n) is 38.9. The van der Waals surface area contributed by atoms with E-state index < -0.39 is 12.1 Å². The van der Waals surface area contributed by atoms with Crippen molar-refractivity contribution in [1.82, 2.24) is 5.32 Å². The van der Waals surface area contributed by atoms with Gasteiger partial charge >= 0.3 is 5.97 Å². The van der Waals surface area contributed by atoms with Crippen LogP contribution in [-0.2, 0) is 14.3 Å². The number of amides is 1. The second-order valence-electron chi connectivity index (χ2n) is 26.7. The molecule has 0 heterocycles. The molecule has 86 heavy (non-hydrogen) atoms. The monoisotopic (exact) mass is 1210 g/mol. The Labute approximate surface area is 537 Å². The lowest BCUT2D eigenvalue weighted by Crippen LogP contribution is -2.45. The van der Waals surface area contributed by atoms with Crippen LogP contribution < -0.4 is 5.32 Å². The van der Waals surface area contributed by atoms with Crippen molar-refractivity contribution in [3.63, 3.8) is 0 Å². The van der Waals surface area contributed by atoms with Gasteiger partial charge in [-0.2, -0.15) is 0 Å². The number of aliphatic hydroxyl groups excluding tert-OH is 2. The molecule has 1 amide bonds. The van der Waals surface area contributed by atoms with Crippen molar-refractivity contribution in [2.45, 2.75) is 437 Å². The van der Waals surface area contributed by atoms with Gasteiger partial charge in [-0.05, 0) is 89.9 Å². The molecule has 0 rings (SSSR count). The van der Waals surface area contributed by atoms with Gasteiger partial charge in [-0.3, -0.25) is 9.59 Å². The van der Waals surface area contributed by atoms with Crippen molar-refractivity contribution in [3.8, 4) is 0 Å². The molecule has 6 heteroatoms. The highest BCUT2D eigenvalue weighted by Gasteiger charge is 2.18. The molecule has 0 bridgehead atoms. The number of hydrogen-bond donors (Lipinski definition) is 3. The van der Waals surface area contributed by atoms with Crippen molar-refractivity contribution in [2.75, 3.05) is 13.2 Å². The molecule has 2 atom stereocenters. The molecule has 0 aromatic rings. The molecule has 0 aliphatic rings. The van der Waals surface area contributed by atoms with Crippen LogP contribution in [0, 0.1) is 0 Å². The predicted molar refractivity (Wildman–Crippen MR) is 379 cm³/mol. The first-order chi connectivity index (χ1) is 42.5. The SMILES string of the molecule is CCCCCCCC/C=C\CCCCCCCCCC(=O)OCCCCCCCCCCCCCCC/C=C\C/C=C\CCCCCCCCCCCCCCCCCCCC(=O)NC(CO)C(O)/C=C/CCCCCCCCCCCCCCC. The van der Waals surface area contributed by atoms with E-state index in [0.29, 0.717) is 19.4 Å². The minimum atomic E-state index is -0.843. The Morgan fingerprint density at radius 1 is 0.326 bits per heavy atom. The van der Waals surface area contributed by atoms with Crippen LogP contribution in [0.15, 0.2) is 48.6 Å². The van der Waals surface area contributed by atoms with Crippen LogP contribution in [-0.4, -0.2) is 47.4 Å². The molecule has 506 valence electrons. The third-order valence-electron chi connectivity index (χ3n) is 18.1. The fourth-order valence-corrected chi connectivity index (χ4v) is 12.1. The van der Waals surface area contributed by atoms with Gasteiger partial charge in [-0.25, -0.2) is 0 Å². The summed E-state index contributed by atoms with van der Waals surface area (Å²) in [7, 11) is 0. The second kappa shape index (κ2) is 75.3. The number of nitrogens with one attached hydrogen (secondary N) is 1. The lowest BCUT2D eigenvalue weighted by Gasteiger charge is -2.20. The molecule has 0 aliphatic heterocycles. The highest BCUT2D eigenvalue weighted by atomic mass is 16.5. The van der Waals surface area contributed by atoms with Gasteiger partial charge in [0, 0.05) is 12.8 Å². The van der Waals surface area contributed by atoms with Gasteiger partial charge in [0.2, 0.25) is 5.91 Å². The van der Waals surface area contributed by atoms with Crippen molar-refractivity contribution >= 4 is 11.9 Å². The number of carbonyl (C=O) groups excluding carboxylic acids is 2. The molecule has 3 N–H and O–H groups in total. The summed E-state index contributed by atoms with van der Waals surface area (Å²) >= 11 is 0. The van der Waals surface area contributed by atoms with E-state index in [1.165, 1.54) is 347 Å². The molecule has 2 unspecified atom stereocenters. The fourth-order valence-electron chi connectivity index (χ4n) is 12.1. The van der Waals surface area contributed by atoms with Gasteiger partial charge < -0.3 is 20.3 Å². The molecular formula is C80H151NO5. The average Bonchev–Trinajstić information content (AvgIpc) is 3.55. The Balaban J connectivity index is 3.36. The molecule has 0 saturated heterocycles. The van der Waals surface area contributed by atoms with Gasteiger partial charge in [0.25, 0.3) is 0 Å². The van der Waals surface area contributed by atoms with E-state index in [4.69, 9.17) is 4.74 Å². The van der Waals surface area contributed by atoms with Gasteiger partial charge in [-0.1, -0.05) is 371 Å². The normalized spacial score (nSPS) is 12.7. The van der Waals surface area contributed by atoms with Crippen molar-refractivity contribution < 1.29 is 24.5 Å². The minimum Gasteiger partial charge on any atom is -0.466 e. The van der Waals surface area contributed by atoms with Gasteiger partial charge in [0.15, 0.2) is 0 Å². The number of allylic oxidation sites excluding steroid dienone is 7. The summed E-state index contributed by atoms with van der Waals surface area (Å²) in [6.07, 6.45) is 99.5. The van der Waals surface area contributed by atoms with E-state index in [9.17, 15) is 19.8 Å². The first-order valence-corrected chi connectivity index (χ1v) is 38.9. The molecule has 0 spiro atoms. The largest absolute Gasteiger partial charge is 0.466 e. The number of carbonyl (C=O) groups is 2. The summed E-state index contributed by atoms with van der Waals surface area (Å²) in [6, 6.07) is -0.626. The van der Waals surface area contributed by atoms with Crippen molar-refractivity contribution in [1.29, 1.82) is 0 Å². The molecule has 0 aliphatic carbocycles. The predicted octanol–water partition coefficient (Wildman–Crippen LogP) is 25.6. The van der Waals surface area contributed by atoms with Crippen LogP contribution >= 0.6 is 0 Å². The lowest BCUT2D eigenvalue weighted by atomic mass is 10.0. The van der Waals surface area contributed by atoms with E-state index >= 15 is 0 Å². The molecule has 0 saturated carbocycles. The summed E-state index contributed by atoms with van der Waals surface area (Å²) in [4.78, 5) is 24.6. The van der Waals surface area contributed by atoms with Crippen LogP contribution in [0.3, 0.4) is 0 Å². The standard InChI is InChI=1S/C80H151NO5/c1-3-5-7-9-11-13-15-17-19-41-46-50-54-58-62-66-70-74-80(85)86-75-71-67-63-59-55-51-47-43-40-38-36-34-32-30-28-26-24-22-20-21-23-25-27-29-31-33-35-37-39-42-45-49-53-57-61-65-69-73-79(84)81-77(76-82)78(83)72-68-64-60-56-52-48-44-18-16-14-12-10-8-6-4-2/h17,19-20,22,26,28,68,72,77-78,82-83H,3-16,18,21,23-25,27,29-67,69-71,73-76H2,1-2H3,(H,81,84)/b19-17-,22-20-,28-26-,72-68+. The topological polar surface area (TPSA) is 95.9 Å². The number of rotatable bonds is 73. The molecule has 6 nitrogen and oxygen atoms in total. The first kappa shape index (κ1) is 83.8. The van der Waals surface area contributed by atoms with Crippen LogP contribution in [0.2, 0.25) is 0 Å². The molecule has 0 aromatic carbocycles. The number of hydrogen-bond acceptors (Lipinski definition) is 5. The van der Waals surface area contributed by atoms with E-state index in [0.717, 1.165) is 51.4 Å². The summed E-state index contributed by atoms with van der Waals surface area (Å²) in [5.74, 6) is -0.0474. The molecular weight excluding hydrogens is 1050 g/mol. The van der Waals surface area contributed by atoms with Crippen LogP contribution in [0.1, 0.15) is 425 Å². The van der Waals surface area contributed by atoms with Crippen LogP contribution in [0.25, 0.3) is 0 Å². The summed E-state index contributed by atoms with van der Waals surface area (Å²) < 4.78 is 5.51. The Kier molecular flexibility index (Phi) is 73.4. The zero-order valence-electron chi connectivity index (χ0n) is 58.1. The highest BCUT2D eigenvalue weighted by Crippen LogP contribution is 2.19. The van der Waals surface area contributed by atoms with Gasteiger partial charge in [0.1, 0.15) is 0 Å².